The molecule has 0 spiro atoms. The number of halogens is 1. The van der Waals surface area contributed by atoms with Crippen LogP contribution in [-0.4, -0.2) is 47.8 Å². The highest BCUT2D eigenvalue weighted by atomic mass is 19.1. The molecule has 0 radical (unpaired) electrons. The fourth-order valence-electron chi connectivity index (χ4n) is 2.93. The molecule has 130 valence electrons. The molecule has 1 fully saturated rings. The lowest BCUT2D eigenvalue weighted by Gasteiger charge is -2.35. The van der Waals surface area contributed by atoms with Gasteiger partial charge in [-0.2, -0.15) is 0 Å². The number of carbonyl (C=O) groups is 2. The lowest BCUT2D eigenvalue weighted by Crippen LogP contribution is -2.51. The van der Waals surface area contributed by atoms with E-state index in [4.69, 9.17) is 0 Å². The highest BCUT2D eigenvalue weighted by Gasteiger charge is 2.24. The van der Waals surface area contributed by atoms with E-state index in [1.165, 1.54) is 29.8 Å². The van der Waals surface area contributed by atoms with Gasteiger partial charge in [-0.3, -0.25) is 9.59 Å². The molecule has 1 aliphatic heterocycles. The molecule has 2 aromatic rings. The van der Waals surface area contributed by atoms with E-state index in [1.54, 1.807) is 9.80 Å². The maximum absolute atomic E-state index is 13.0. The number of carbonyl (C=O) groups excluding carboxylic acids is 2. The third kappa shape index (κ3) is 4.24. The standard InChI is InChI=1S/C20H21FN2O2/c1-15-2-4-16(5-3-15)14-19(24)22-10-12-23(13-11-22)20(25)17-6-8-18(21)9-7-17/h2-9H,10-14H2,1H3. The third-order valence-electron chi connectivity index (χ3n) is 4.49. The van der Waals surface area contributed by atoms with Crippen LogP contribution in [0.2, 0.25) is 0 Å². The van der Waals surface area contributed by atoms with Crippen molar-refractivity contribution < 1.29 is 14.0 Å². The van der Waals surface area contributed by atoms with E-state index in [9.17, 15) is 14.0 Å². The van der Waals surface area contributed by atoms with Gasteiger partial charge in [0, 0.05) is 31.7 Å². The Labute approximate surface area is 146 Å². The monoisotopic (exact) mass is 340 g/mol. The maximum Gasteiger partial charge on any atom is 0.253 e. The SMILES string of the molecule is Cc1ccc(CC(=O)N2CCN(C(=O)c3ccc(F)cc3)CC2)cc1. The molecule has 0 aromatic heterocycles. The first-order valence-corrected chi connectivity index (χ1v) is 8.41. The molecule has 0 bridgehead atoms. The zero-order valence-corrected chi connectivity index (χ0v) is 14.2. The topological polar surface area (TPSA) is 40.6 Å². The lowest BCUT2D eigenvalue weighted by molar-refractivity contribution is -0.131. The molecule has 2 aromatic carbocycles. The molecule has 5 heteroatoms. The number of amides is 2. The van der Waals surface area contributed by atoms with Crippen molar-refractivity contribution in [2.75, 3.05) is 26.2 Å². The Bertz CT molecular complexity index is 748. The van der Waals surface area contributed by atoms with Crippen molar-refractivity contribution in [1.82, 2.24) is 9.80 Å². The number of hydrogen-bond acceptors (Lipinski definition) is 2. The van der Waals surface area contributed by atoms with Crippen LogP contribution in [0, 0.1) is 12.7 Å². The van der Waals surface area contributed by atoms with E-state index in [0.717, 1.165) is 5.56 Å². The second-order valence-corrected chi connectivity index (χ2v) is 6.34. The van der Waals surface area contributed by atoms with Crippen LogP contribution in [0.15, 0.2) is 48.5 Å². The predicted molar refractivity (Wildman–Crippen MR) is 93.8 cm³/mol. The summed E-state index contributed by atoms with van der Waals surface area (Å²) in [6.07, 6.45) is 0.381. The van der Waals surface area contributed by atoms with Crippen LogP contribution < -0.4 is 0 Å². The zero-order chi connectivity index (χ0) is 17.8. The summed E-state index contributed by atoms with van der Waals surface area (Å²) >= 11 is 0. The van der Waals surface area contributed by atoms with Gasteiger partial charge in [0.25, 0.3) is 5.91 Å². The minimum atomic E-state index is -0.358. The van der Waals surface area contributed by atoms with Crippen molar-refractivity contribution >= 4 is 11.8 Å². The first-order valence-electron chi connectivity index (χ1n) is 8.41. The Hall–Kier alpha value is -2.69. The first kappa shape index (κ1) is 17.1. The lowest BCUT2D eigenvalue weighted by atomic mass is 10.1. The minimum Gasteiger partial charge on any atom is -0.339 e. The molecule has 0 atom stereocenters. The number of benzene rings is 2. The van der Waals surface area contributed by atoms with Crippen LogP contribution in [0.5, 0.6) is 0 Å². The summed E-state index contributed by atoms with van der Waals surface area (Å²) < 4.78 is 13.0. The molecular weight excluding hydrogens is 319 g/mol. The van der Waals surface area contributed by atoms with Gasteiger partial charge in [-0.15, -0.1) is 0 Å². The molecule has 2 amide bonds. The third-order valence-corrected chi connectivity index (χ3v) is 4.49. The number of piperazine rings is 1. The second-order valence-electron chi connectivity index (χ2n) is 6.34. The van der Waals surface area contributed by atoms with Crippen molar-refractivity contribution in [2.24, 2.45) is 0 Å². The van der Waals surface area contributed by atoms with Gasteiger partial charge in [0.15, 0.2) is 0 Å². The largest absolute Gasteiger partial charge is 0.339 e. The molecule has 0 N–H and O–H groups in total. The van der Waals surface area contributed by atoms with Gasteiger partial charge in [0.2, 0.25) is 5.91 Å². The number of aryl methyl sites for hydroxylation is 1. The van der Waals surface area contributed by atoms with Gasteiger partial charge >= 0.3 is 0 Å². The predicted octanol–water partition coefficient (Wildman–Crippen LogP) is 2.66. The van der Waals surface area contributed by atoms with Crippen molar-refractivity contribution in [3.05, 3.63) is 71.0 Å². The summed E-state index contributed by atoms with van der Waals surface area (Å²) in [5.74, 6) is -0.397. The van der Waals surface area contributed by atoms with Crippen LogP contribution in [-0.2, 0) is 11.2 Å². The summed E-state index contributed by atoms with van der Waals surface area (Å²) in [7, 11) is 0. The molecule has 1 saturated heterocycles. The van der Waals surface area contributed by atoms with Gasteiger partial charge in [-0.25, -0.2) is 4.39 Å². The van der Waals surface area contributed by atoms with Crippen LogP contribution in [0.25, 0.3) is 0 Å². The Balaban J connectivity index is 1.54. The fourth-order valence-corrected chi connectivity index (χ4v) is 2.93. The van der Waals surface area contributed by atoms with E-state index in [-0.39, 0.29) is 17.6 Å². The molecule has 25 heavy (non-hydrogen) atoms. The number of hydrogen-bond donors (Lipinski definition) is 0. The van der Waals surface area contributed by atoms with Crippen molar-refractivity contribution in [1.29, 1.82) is 0 Å². The zero-order valence-electron chi connectivity index (χ0n) is 14.2. The second kappa shape index (κ2) is 7.47. The maximum atomic E-state index is 13.0. The number of rotatable bonds is 3. The van der Waals surface area contributed by atoms with Gasteiger partial charge in [-0.05, 0) is 36.8 Å². The van der Waals surface area contributed by atoms with Crippen molar-refractivity contribution in [3.8, 4) is 0 Å². The van der Waals surface area contributed by atoms with Gasteiger partial charge < -0.3 is 9.80 Å². The van der Waals surface area contributed by atoms with Crippen LogP contribution in [0.3, 0.4) is 0 Å². The molecule has 0 unspecified atom stereocenters. The molecule has 1 aliphatic rings. The smallest absolute Gasteiger partial charge is 0.253 e. The van der Waals surface area contributed by atoms with Crippen LogP contribution >= 0.6 is 0 Å². The summed E-state index contributed by atoms with van der Waals surface area (Å²) in [5, 5.41) is 0. The Kier molecular flexibility index (Phi) is 5.12. The van der Waals surface area contributed by atoms with Crippen LogP contribution in [0.1, 0.15) is 21.5 Å². The van der Waals surface area contributed by atoms with Crippen molar-refractivity contribution in [3.63, 3.8) is 0 Å². The van der Waals surface area contributed by atoms with Crippen molar-refractivity contribution in [2.45, 2.75) is 13.3 Å². The first-order chi connectivity index (χ1) is 12.0. The van der Waals surface area contributed by atoms with E-state index in [1.807, 2.05) is 31.2 Å². The Morgan fingerprint density at radius 3 is 2.04 bits per heavy atom. The summed E-state index contributed by atoms with van der Waals surface area (Å²) in [6, 6.07) is 13.5. The summed E-state index contributed by atoms with van der Waals surface area (Å²) in [4.78, 5) is 28.3. The molecule has 0 aliphatic carbocycles. The van der Waals surface area contributed by atoms with E-state index in [0.29, 0.717) is 38.2 Å². The van der Waals surface area contributed by atoms with E-state index >= 15 is 0 Å². The fraction of sp³-hybridized carbons (Fsp3) is 0.300. The minimum absolute atomic E-state index is 0.0812. The molecule has 0 saturated carbocycles. The highest BCUT2D eigenvalue weighted by molar-refractivity contribution is 5.94. The van der Waals surface area contributed by atoms with Gasteiger partial charge in [0.05, 0.1) is 6.42 Å². The summed E-state index contributed by atoms with van der Waals surface area (Å²) in [5.41, 5.74) is 2.64. The average molecular weight is 340 g/mol. The molecule has 1 heterocycles. The average Bonchev–Trinajstić information content (AvgIpc) is 2.64. The Morgan fingerprint density at radius 2 is 1.44 bits per heavy atom. The summed E-state index contributed by atoms with van der Waals surface area (Å²) in [6.45, 7) is 4.06. The molecule has 3 rings (SSSR count). The molecular formula is C20H21FN2O2. The van der Waals surface area contributed by atoms with Gasteiger partial charge in [-0.1, -0.05) is 29.8 Å². The highest BCUT2D eigenvalue weighted by Crippen LogP contribution is 2.12. The van der Waals surface area contributed by atoms with Crippen LogP contribution in [0.4, 0.5) is 4.39 Å². The van der Waals surface area contributed by atoms with Gasteiger partial charge in [0.1, 0.15) is 5.82 Å². The molecule has 4 nitrogen and oxygen atoms in total. The normalized spacial score (nSPS) is 14.5. The number of nitrogens with zero attached hydrogens (tertiary/aromatic N) is 2. The quantitative estimate of drug-likeness (QED) is 0.862. The Morgan fingerprint density at radius 1 is 0.880 bits per heavy atom. The van der Waals surface area contributed by atoms with E-state index in [2.05, 4.69) is 0 Å². The van der Waals surface area contributed by atoms with E-state index < -0.39 is 0 Å².